The lowest BCUT2D eigenvalue weighted by Crippen LogP contribution is -2.34. The second-order valence-electron chi connectivity index (χ2n) is 3.93. The molecule has 0 saturated heterocycles. The quantitative estimate of drug-likeness (QED) is 0.673. The zero-order valence-corrected chi connectivity index (χ0v) is 7.47. The van der Waals surface area contributed by atoms with E-state index in [4.69, 9.17) is 4.74 Å². The smallest absolute Gasteiger partial charge is 0.0854 e. The largest absolute Gasteiger partial charge is 0.388 e. The minimum absolute atomic E-state index is 0.462. The zero-order chi connectivity index (χ0) is 8.32. The lowest BCUT2D eigenvalue weighted by atomic mass is 9.78. The van der Waals surface area contributed by atoms with Gasteiger partial charge in [0.05, 0.1) is 12.2 Å². The molecule has 0 aromatic heterocycles. The van der Waals surface area contributed by atoms with Crippen LogP contribution in [0.1, 0.15) is 32.6 Å². The second-order valence-corrected chi connectivity index (χ2v) is 3.93. The van der Waals surface area contributed by atoms with Crippen molar-refractivity contribution in [2.75, 3.05) is 13.7 Å². The molecular weight excluding hydrogens is 140 g/mol. The maximum atomic E-state index is 9.72. The first-order valence-electron chi connectivity index (χ1n) is 4.35. The van der Waals surface area contributed by atoms with E-state index in [0.717, 1.165) is 12.3 Å². The van der Waals surface area contributed by atoms with Crippen LogP contribution in [-0.4, -0.2) is 24.4 Å². The SMILES string of the molecule is COCC(C)(O)CC1CCC1. The Morgan fingerprint density at radius 2 is 2.18 bits per heavy atom. The van der Waals surface area contributed by atoms with Crippen LogP contribution in [0.4, 0.5) is 0 Å². The van der Waals surface area contributed by atoms with E-state index in [1.807, 2.05) is 6.92 Å². The van der Waals surface area contributed by atoms with Gasteiger partial charge in [-0.2, -0.15) is 0 Å². The highest BCUT2D eigenvalue weighted by Crippen LogP contribution is 2.33. The first-order valence-corrected chi connectivity index (χ1v) is 4.35. The molecule has 0 aromatic rings. The summed E-state index contributed by atoms with van der Waals surface area (Å²) in [4.78, 5) is 0. The van der Waals surface area contributed by atoms with Gasteiger partial charge in [0.15, 0.2) is 0 Å². The fourth-order valence-corrected chi connectivity index (χ4v) is 1.69. The molecule has 1 fully saturated rings. The molecule has 2 nitrogen and oxygen atoms in total. The predicted molar refractivity (Wildman–Crippen MR) is 44.5 cm³/mol. The van der Waals surface area contributed by atoms with Crippen LogP contribution in [0.2, 0.25) is 0 Å². The Morgan fingerprint density at radius 3 is 2.55 bits per heavy atom. The van der Waals surface area contributed by atoms with Crippen molar-refractivity contribution in [3.8, 4) is 0 Å². The molecule has 66 valence electrons. The number of hydrogen-bond donors (Lipinski definition) is 1. The molecular formula is C9H18O2. The third-order valence-corrected chi connectivity index (χ3v) is 2.41. The third-order valence-electron chi connectivity index (χ3n) is 2.41. The normalized spacial score (nSPS) is 24.3. The maximum absolute atomic E-state index is 9.72. The van der Waals surface area contributed by atoms with Gasteiger partial charge in [0.25, 0.3) is 0 Å². The average molecular weight is 158 g/mol. The molecule has 0 radical (unpaired) electrons. The van der Waals surface area contributed by atoms with E-state index >= 15 is 0 Å². The first-order chi connectivity index (χ1) is 5.14. The molecule has 1 rings (SSSR count). The number of hydrogen-bond acceptors (Lipinski definition) is 2. The molecule has 1 aliphatic rings. The molecule has 1 aliphatic carbocycles. The number of aliphatic hydroxyl groups is 1. The number of rotatable bonds is 4. The molecule has 1 N–H and O–H groups in total. The van der Waals surface area contributed by atoms with Gasteiger partial charge in [-0.05, 0) is 19.3 Å². The van der Waals surface area contributed by atoms with E-state index < -0.39 is 5.60 Å². The maximum Gasteiger partial charge on any atom is 0.0854 e. The van der Waals surface area contributed by atoms with Gasteiger partial charge in [0.2, 0.25) is 0 Å². The fourth-order valence-electron chi connectivity index (χ4n) is 1.69. The van der Waals surface area contributed by atoms with Crippen LogP contribution in [0.15, 0.2) is 0 Å². The lowest BCUT2D eigenvalue weighted by Gasteiger charge is -2.32. The Bertz CT molecular complexity index is 117. The summed E-state index contributed by atoms with van der Waals surface area (Å²) < 4.78 is 4.93. The van der Waals surface area contributed by atoms with Gasteiger partial charge in [0, 0.05) is 7.11 Å². The molecule has 0 aromatic carbocycles. The molecule has 2 heteroatoms. The number of ether oxygens (including phenoxy) is 1. The summed E-state index contributed by atoms with van der Waals surface area (Å²) in [6.45, 7) is 2.32. The highest BCUT2D eigenvalue weighted by molar-refractivity contribution is 4.80. The molecule has 1 unspecified atom stereocenters. The van der Waals surface area contributed by atoms with E-state index in [1.54, 1.807) is 7.11 Å². The monoisotopic (exact) mass is 158 g/mol. The van der Waals surface area contributed by atoms with Crippen molar-refractivity contribution in [3.63, 3.8) is 0 Å². The molecule has 0 aliphatic heterocycles. The van der Waals surface area contributed by atoms with Gasteiger partial charge in [-0.3, -0.25) is 0 Å². The van der Waals surface area contributed by atoms with Crippen molar-refractivity contribution in [2.45, 2.75) is 38.2 Å². The Kier molecular flexibility index (Phi) is 2.90. The van der Waals surface area contributed by atoms with Gasteiger partial charge in [-0.15, -0.1) is 0 Å². The van der Waals surface area contributed by atoms with Crippen LogP contribution < -0.4 is 0 Å². The minimum Gasteiger partial charge on any atom is -0.388 e. The van der Waals surface area contributed by atoms with E-state index in [-0.39, 0.29) is 0 Å². The summed E-state index contributed by atoms with van der Waals surface area (Å²) in [5.41, 5.74) is -0.597. The fraction of sp³-hybridized carbons (Fsp3) is 1.00. The van der Waals surface area contributed by atoms with Crippen LogP contribution >= 0.6 is 0 Å². The molecule has 0 bridgehead atoms. The van der Waals surface area contributed by atoms with Gasteiger partial charge in [0.1, 0.15) is 0 Å². The second kappa shape index (κ2) is 3.55. The van der Waals surface area contributed by atoms with Gasteiger partial charge >= 0.3 is 0 Å². The molecule has 1 saturated carbocycles. The van der Waals surface area contributed by atoms with Gasteiger partial charge in [-0.1, -0.05) is 19.3 Å². The molecule has 0 spiro atoms. The van der Waals surface area contributed by atoms with E-state index in [0.29, 0.717) is 6.61 Å². The predicted octanol–water partition coefficient (Wildman–Crippen LogP) is 1.57. The van der Waals surface area contributed by atoms with Crippen LogP contribution in [0.25, 0.3) is 0 Å². The van der Waals surface area contributed by atoms with Crippen LogP contribution in [0.5, 0.6) is 0 Å². The van der Waals surface area contributed by atoms with E-state index in [2.05, 4.69) is 0 Å². The van der Waals surface area contributed by atoms with Crippen LogP contribution in [0, 0.1) is 5.92 Å². The van der Waals surface area contributed by atoms with E-state index in [1.165, 1.54) is 19.3 Å². The Balaban J connectivity index is 2.20. The summed E-state index contributed by atoms with van der Waals surface area (Å²) in [5.74, 6) is 0.750. The average Bonchev–Trinajstić information content (AvgIpc) is 1.79. The Hall–Kier alpha value is -0.0800. The van der Waals surface area contributed by atoms with Crippen LogP contribution in [-0.2, 0) is 4.74 Å². The standard InChI is InChI=1S/C9H18O2/c1-9(10,7-11-2)6-8-4-3-5-8/h8,10H,3-7H2,1-2H3. The van der Waals surface area contributed by atoms with Gasteiger partial charge in [-0.25, -0.2) is 0 Å². The number of methoxy groups -OCH3 is 1. The topological polar surface area (TPSA) is 29.5 Å². The third kappa shape index (κ3) is 2.80. The van der Waals surface area contributed by atoms with Gasteiger partial charge < -0.3 is 9.84 Å². The van der Waals surface area contributed by atoms with Crippen molar-refractivity contribution in [2.24, 2.45) is 5.92 Å². The molecule has 1 atom stereocenters. The minimum atomic E-state index is -0.597. The molecule has 0 amide bonds. The summed E-state index contributed by atoms with van der Waals surface area (Å²) in [5, 5.41) is 9.72. The highest BCUT2D eigenvalue weighted by Gasteiger charge is 2.28. The Morgan fingerprint density at radius 1 is 1.55 bits per heavy atom. The highest BCUT2D eigenvalue weighted by atomic mass is 16.5. The molecule has 0 heterocycles. The van der Waals surface area contributed by atoms with Crippen molar-refractivity contribution in [1.82, 2.24) is 0 Å². The van der Waals surface area contributed by atoms with Crippen molar-refractivity contribution < 1.29 is 9.84 Å². The zero-order valence-electron chi connectivity index (χ0n) is 7.47. The molecule has 11 heavy (non-hydrogen) atoms. The summed E-state index contributed by atoms with van der Waals surface area (Å²) in [7, 11) is 1.63. The summed E-state index contributed by atoms with van der Waals surface area (Å²) >= 11 is 0. The van der Waals surface area contributed by atoms with Crippen molar-refractivity contribution in [3.05, 3.63) is 0 Å². The summed E-state index contributed by atoms with van der Waals surface area (Å²) in [6.07, 6.45) is 4.83. The van der Waals surface area contributed by atoms with Crippen molar-refractivity contribution >= 4 is 0 Å². The lowest BCUT2D eigenvalue weighted by molar-refractivity contribution is -0.0409. The first kappa shape index (κ1) is 9.01. The Labute approximate surface area is 68.6 Å². The van der Waals surface area contributed by atoms with Crippen LogP contribution in [0.3, 0.4) is 0 Å². The van der Waals surface area contributed by atoms with Crippen molar-refractivity contribution in [1.29, 1.82) is 0 Å². The van der Waals surface area contributed by atoms with E-state index in [9.17, 15) is 5.11 Å². The summed E-state index contributed by atoms with van der Waals surface area (Å²) in [6, 6.07) is 0.